The predicted molar refractivity (Wildman–Crippen MR) is 155 cm³/mol. The zero-order chi connectivity index (χ0) is 28.9. The first kappa shape index (κ1) is 27.5. The molecule has 41 heavy (non-hydrogen) atoms. The van der Waals surface area contributed by atoms with Crippen molar-refractivity contribution in [2.45, 2.75) is 45.0 Å². The van der Waals surface area contributed by atoms with Gasteiger partial charge in [-0.25, -0.2) is 0 Å². The number of hydrogen-bond donors (Lipinski definition) is 1. The third kappa shape index (κ3) is 5.37. The number of rotatable bonds is 7. The van der Waals surface area contributed by atoms with Crippen LogP contribution in [0.15, 0.2) is 66.7 Å². The fraction of sp³-hybridized carbons (Fsp3) is 0.344. The van der Waals surface area contributed by atoms with Gasteiger partial charge in [-0.1, -0.05) is 42.8 Å². The Bertz CT molecular complexity index is 1580. The van der Waals surface area contributed by atoms with Crippen molar-refractivity contribution >= 4 is 34.1 Å². The normalized spacial score (nSPS) is 16.5. The molecule has 1 aliphatic heterocycles. The van der Waals surface area contributed by atoms with Gasteiger partial charge in [-0.15, -0.1) is 13.2 Å². The minimum atomic E-state index is -4.68. The molecule has 1 aromatic heterocycles. The first-order valence-electron chi connectivity index (χ1n) is 13.8. The molecular weight excluding hydrogens is 551 g/mol. The summed E-state index contributed by atoms with van der Waals surface area (Å²) in [5.41, 5.74) is 6.19. The molecule has 3 aromatic carbocycles. The summed E-state index contributed by atoms with van der Waals surface area (Å²) >= 11 is 6.24. The van der Waals surface area contributed by atoms with Crippen LogP contribution in [0.5, 0.6) is 5.75 Å². The smallest absolute Gasteiger partial charge is 0.406 e. The van der Waals surface area contributed by atoms with Gasteiger partial charge in [0, 0.05) is 59.4 Å². The lowest BCUT2D eigenvalue weighted by Crippen LogP contribution is -2.61. The molecule has 5 nitrogen and oxygen atoms in total. The summed E-state index contributed by atoms with van der Waals surface area (Å²) in [6, 6.07) is 20.2. The molecule has 0 bridgehead atoms. The van der Waals surface area contributed by atoms with E-state index in [1.165, 1.54) is 17.7 Å². The number of fused-ring (bicyclic) bond motifs is 1. The fourth-order valence-electron chi connectivity index (χ4n) is 6.60. The molecule has 214 valence electrons. The molecule has 1 N–H and O–H groups in total. The summed E-state index contributed by atoms with van der Waals surface area (Å²) in [4.78, 5) is 15.5. The van der Waals surface area contributed by atoms with Crippen LogP contribution in [0.25, 0.3) is 10.9 Å². The van der Waals surface area contributed by atoms with E-state index in [1.54, 1.807) is 12.1 Å². The molecule has 2 fully saturated rings. The standard InChI is InChI=1S/C32H31ClF3N3O2/c1-3-27-29(26-14-23(33)8-13-28(26)38(27)2)30(40)37-17-20-4-6-21(7-5-20)22-15-31(16-22)18-39(19-31)24-9-11-25(12-10-24)41-32(34,35)36/h4-14,22H,3,15-19H2,1-2H3,(H,37,40). The van der Waals surface area contributed by atoms with Crippen LogP contribution >= 0.6 is 11.6 Å². The number of carbonyl (C=O) groups excluding carboxylic acids is 1. The highest BCUT2D eigenvalue weighted by molar-refractivity contribution is 6.31. The minimum Gasteiger partial charge on any atom is -0.406 e. The van der Waals surface area contributed by atoms with Crippen molar-refractivity contribution in [1.29, 1.82) is 0 Å². The monoisotopic (exact) mass is 581 g/mol. The highest BCUT2D eigenvalue weighted by atomic mass is 35.5. The largest absolute Gasteiger partial charge is 0.573 e. The van der Waals surface area contributed by atoms with Gasteiger partial charge in [0.1, 0.15) is 5.75 Å². The number of halogens is 4. The van der Waals surface area contributed by atoms with Crippen LogP contribution in [0.1, 0.15) is 52.9 Å². The average Bonchev–Trinajstić information content (AvgIpc) is 3.17. The second kappa shape index (κ2) is 10.3. The molecule has 1 spiro atoms. The highest BCUT2D eigenvalue weighted by Gasteiger charge is 2.52. The Kier molecular flexibility index (Phi) is 6.92. The van der Waals surface area contributed by atoms with Crippen LogP contribution in [0.3, 0.4) is 0 Å². The number of aromatic nitrogens is 1. The van der Waals surface area contributed by atoms with Gasteiger partial charge in [0.2, 0.25) is 0 Å². The lowest BCUT2D eigenvalue weighted by atomic mass is 9.56. The molecule has 1 saturated carbocycles. The maximum Gasteiger partial charge on any atom is 0.573 e. The molecular formula is C32H31ClF3N3O2. The van der Waals surface area contributed by atoms with Crippen LogP contribution in [-0.4, -0.2) is 29.9 Å². The number of aryl methyl sites for hydroxylation is 1. The first-order valence-corrected chi connectivity index (χ1v) is 14.2. The molecule has 0 unspecified atom stereocenters. The van der Waals surface area contributed by atoms with Gasteiger partial charge >= 0.3 is 6.36 Å². The zero-order valence-electron chi connectivity index (χ0n) is 22.9. The van der Waals surface area contributed by atoms with E-state index in [4.69, 9.17) is 11.6 Å². The van der Waals surface area contributed by atoms with Gasteiger partial charge in [0.15, 0.2) is 0 Å². The number of nitrogens with one attached hydrogen (secondary N) is 1. The lowest BCUT2D eigenvalue weighted by molar-refractivity contribution is -0.274. The third-order valence-corrected chi connectivity index (χ3v) is 8.83. The van der Waals surface area contributed by atoms with Crippen LogP contribution < -0.4 is 15.0 Å². The maximum absolute atomic E-state index is 13.3. The minimum absolute atomic E-state index is 0.100. The number of anilines is 1. The van der Waals surface area contributed by atoms with E-state index in [0.29, 0.717) is 23.0 Å². The Labute approximate surface area is 241 Å². The topological polar surface area (TPSA) is 46.5 Å². The van der Waals surface area contributed by atoms with Gasteiger partial charge in [0.05, 0.1) is 5.56 Å². The number of ether oxygens (including phenoxy) is 1. The van der Waals surface area contributed by atoms with E-state index in [0.717, 1.165) is 60.2 Å². The molecule has 6 rings (SSSR count). The fourth-order valence-corrected chi connectivity index (χ4v) is 6.77. The maximum atomic E-state index is 13.3. The summed E-state index contributed by atoms with van der Waals surface area (Å²) in [5.74, 6) is 0.195. The van der Waals surface area contributed by atoms with E-state index >= 15 is 0 Å². The number of benzene rings is 3. The Morgan fingerprint density at radius 1 is 1.05 bits per heavy atom. The molecule has 4 aromatic rings. The number of nitrogens with zero attached hydrogens (tertiary/aromatic N) is 2. The zero-order valence-corrected chi connectivity index (χ0v) is 23.6. The van der Waals surface area contributed by atoms with Crippen molar-refractivity contribution in [3.63, 3.8) is 0 Å². The second-order valence-electron chi connectivity index (χ2n) is 11.3. The molecule has 1 saturated heterocycles. The molecule has 0 radical (unpaired) electrons. The summed E-state index contributed by atoms with van der Waals surface area (Å²) in [5, 5.41) is 4.57. The SMILES string of the molecule is CCc1c(C(=O)NCc2ccc(C3CC4(C3)CN(c3ccc(OC(F)(F)F)cc3)C4)cc2)c2cc(Cl)ccc2n1C. The number of amides is 1. The van der Waals surface area contributed by atoms with Crippen LogP contribution in [0.4, 0.5) is 18.9 Å². The first-order chi connectivity index (χ1) is 19.5. The lowest BCUT2D eigenvalue weighted by Gasteiger charge is -2.60. The molecule has 2 aliphatic rings. The van der Waals surface area contributed by atoms with Crippen molar-refractivity contribution < 1.29 is 22.7 Å². The van der Waals surface area contributed by atoms with Gasteiger partial charge < -0.3 is 19.5 Å². The Morgan fingerprint density at radius 2 is 1.73 bits per heavy atom. The van der Waals surface area contributed by atoms with Crippen molar-refractivity contribution in [2.75, 3.05) is 18.0 Å². The molecule has 1 aliphatic carbocycles. The number of alkyl halides is 3. The third-order valence-electron chi connectivity index (χ3n) is 8.60. The summed E-state index contributed by atoms with van der Waals surface area (Å²) in [6.07, 6.45) is -1.75. The van der Waals surface area contributed by atoms with Crippen LogP contribution in [-0.2, 0) is 20.0 Å². The highest BCUT2D eigenvalue weighted by Crippen LogP contribution is 2.56. The van der Waals surface area contributed by atoms with Gasteiger partial charge in [0.25, 0.3) is 5.91 Å². The Hall–Kier alpha value is -3.65. The predicted octanol–water partition coefficient (Wildman–Crippen LogP) is 7.61. The van der Waals surface area contributed by atoms with Gasteiger partial charge in [-0.3, -0.25) is 4.79 Å². The molecule has 1 amide bonds. The van der Waals surface area contributed by atoms with Crippen molar-refractivity contribution in [3.05, 3.63) is 94.1 Å². The number of hydrogen-bond acceptors (Lipinski definition) is 3. The van der Waals surface area contributed by atoms with Crippen molar-refractivity contribution in [1.82, 2.24) is 9.88 Å². The van der Waals surface area contributed by atoms with Gasteiger partial charge in [-0.05, 0) is 78.8 Å². The van der Waals surface area contributed by atoms with E-state index in [2.05, 4.69) is 43.8 Å². The summed E-state index contributed by atoms with van der Waals surface area (Å²) in [7, 11) is 1.98. The quantitative estimate of drug-likeness (QED) is 0.244. The van der Waals surface area contributed by atoms with Gasteiger partial charge in [-0.2, -0.15) is 0 Å². The van der Waals surface area contributed by atoms with E-state index in [1.807, 2.05) is 32.2 Å². The van der Waals surface area contributed by atoms with Crippen LogP contribution in [0, 0.1) is 5.41 Å². The van der Waals surface area contributed by atoms with E-state index in [9.17, 15) is 18.0 Å². The second-order valence-corrected chi connectivity index (χ2v) is 11.8. The van der Waals surface area contributed by atoms with Crippen molar-refractivity contribution in [2.24, 2.45) is 12.5 Å². The molecule has 2 heterocycles. The Balaban J connectivity index is 1.02. The Morgan fingerprint density at radius 3 is 2.37 bits per heavy atom. The molecule has 0 atom stereocenters. The number of carbonyl (C=O) groups is 1. The molecule has 9 heteroatoms. The van der Waals surface area contributed by atoms with E-state index < -0.39 is 6.36 Å². The van der Waals surface area contributed by atoms with E-state index in [-0.39, 0.29) is 17.1 Å². The summed E-state index contributed by atoms with van der Waals surface area (Å²) < 4.78 is 43.2. The summed E-state index contributed by atoms with van der Waals surface area (Å²) in [6.45, 7) is 4.30. The van der Waals surface area contributed by atoms with Crippen LogP contribution in [0.2, 0.25) is 5.02 Å². The van der Waals surface area contributed by atoms with Crippen molar-refractivity contribution in [3.8, 4) is 5.75 Å². The average molecular weight is 582 g/mol.